The van der Waals surface area contributed by atoms with Crippen molar-refractivity contribution in [1.29, 1.82) is 0 Å². The van der Waals surface area contributed by atoms with E-state index in [4.69, 9.17) is 5.73 Å². The van der Waals surface area contributed by atoms with E-state index in [0.29, 0.717) is 23.8 Å². The van der Waals surface area contributed by atoms with Gasteiger partial charge in [-0.15, -0.1) is 10.2 Å². The number of nitrogens with zero attached hydrogens (tertiary/aromatic N) is 3. The molecule has 0 aliphatic rings. The molecule has 108 valence electrons. The van der Waals surface area contributed by atoms with Crippen LogP contribution in [0.2, 0.25) is 0 Å². The summed E-state index contributed by atoms with van der Waals surface area (Å²) in [6.07, 6.45) is -3.54. The summed E-state index contributed by atoms with van der Waals surface area (Å²) in [4.78, 5) is 0. The van der Waals surface area contributed by atoms with Crippen LogP contribution >= 0.6 is 0 Å². The maximum Gasteiger partial charge on any atom is 0.416 e. The van der Waals surface area contributed by atoms with Crippen LogP contribution in [0.15, 0.2) is 18.2 Å². The summed E-state index contributed by atoms with van der Waals surface area (Å²) < 4.78 is 39.7. The monoisotopic (exact) mass is 284 g/mol. The predicted molar refractivity (Wildman–Crippen MR) is 69.9 cm³/mol. The average molecular weight is 284 g/mol. The first-order valence-electron chi connectivity index (χ1n) is 6.21. The molecular weight excluding hydrogens is 269 g/mol. The van der Waals surface area contributed by atoms with E-state index in [9.17, 15) is 13.2 Å². The molecule has 2 aromatic rings. The molecule has 1 heterocycles. The molecule has 4 nitrogen and oxygen atoms in total. The normalized spacial score (nSPS) is 11.8. The van der Waals surface area contributed by atoms with Crippen LogP contribution in [0.4, 0.5) is 18.9 Å². The molecule has 7 heteroatoms. The Kier molecular flexibility index (Phi) is 3.69. The predicted octanol–water partition coefficient (Wildman–Crippen LogP) is 3.26. The van der Waals surface area contributed by atoms with Gasteiger partial charge in [0.1, 0.15) is 5.82 Å². The van der Waals surface area contributed by atoms with Gasteiger partial charge in [-0.2, -0.15) is 13.2 Å². The van der Waals surface area contributed by atoms with E-state index in [1.165, 1.54) is 6.07 Å². The van der Waals surface area contributed by atoms with Gasteiger partial charge in [0, 0.05) is 17.8 Å². The number of aromatic nitrogens is 3. The van der Waals surface area contributed by atoms with E-state index in [-0.39, 0.29) is 5.69 Å². The molecule has 0 bridgehead atoms. The number of alkyl halides is 3. The van der Waals surface area contributed by atoms with Crippen LogP contribution in [0.1, 0.15) is 24.7 Å². The lowest BCUT2D eigenvalue weighted by Gasteiger charge is -2.12. The fraction of sp³-hybridized carbons (Fsp3) is 0.385. The number of hydrogen-bond donors (Lipinski definition) is 1. The zero-order chi connectivity index (χ0) is 14.9. The Labute approximate surface area is 114 Å². The molecule has 2 rings (SSSR count). The largest absolute Gasteiger partial charge is 0.416 e. The lowest BCUT2D eigenvalue weighted by molar-refractivity contribution is -0.137. The highest BCUT2D eigenvalue weighted by Crippen LogP contribution is 2.34. The van der Waals surface area contributed by atoms with Crippen LogP contribution in [-0.4, -0.2) is 14.8 Å². The van der Waals surface area contributed by atoms with Gasteiger partial charge in [-0.3, -0.25) is 0 Å². The Bertz CT molecular complexity index is 617. The van der Waals surface area contributed by atoms with Crippen LogP contribution in [0.5, 0.6) is 0 Å². The lowest BCUT2D eigenvalue weighted by Crippen LogP contribution is -2.07. The van der Waals surface area contributed by atoms with E-state index in [1.807, 2.05) is 11.5 Å². The minimum atomic E-state index is -4.40. The minimum Gasteiger partial charge on any atom is -0.398 e. The minimum absolute atomic E-state index is 0.0459. The third-order valence-corrected chi connectivity index (χ3v) is 3.00. The van der Waals surface area contributed by atoms with Gasteiger partial charge in [-0.25, -0.2) is 0 Å². The van der Waals surface area contributed by atoms with E-state index < -0.39 is 11.7 Å². The van der Waals surface area contributed by atoms with Crippen molar-refractivity contribution in [3.05, 3.63) is 29.6 Å². The number of benzene rings is 1. The van der Waals surface area contributed by atoms with E-state index in [2.05, 4.69) is 10.2 Å². The van der Waals surface area contributed by atoms with Gasteiger partial charge < -0.3 is 10.3 Å². The summed E-state index contributed by atoms with van der Waals surface area (Å²) in [6.45, 7) is 4.49. The van der Waals surface area contributed by atoms with Crippen LogP contribution in [0.25, 0.3) is 11.4 Å². The Morgan fingerprint density at radius 1 is 1.25 bits per heavy atom. The average Bonchev–Trinajstić information content (AvgIpc) is 2.71. The second-order valence-electron chi connectivity index (χ2n) is 4.52. The Balaban J connectivity index is 2.49. The van der Waals surface area contributed by atoms with Crippen molar-refractivity contribution in [2.24, 2.45) is 0 Å². The summed E-state index contributed by atoms with van der Waals surface area (Å²) in [7, 11) is 0. The summed E-state index contributed by atoms with van der Waals surface area (Å²) in [5.74, 6) is 1.21. The van der Waals surface area contributed by atoms with Gasteiger partial charge in [0.15, 0.2) is 5.82 Å². The maximum atomic E-state index is 12.6. The van der Waals surface area contributed by atoms with Gasteiger partial charge >= 0.3 is 6.18 Å². The van der Waals surface area contributed by atoms with Crippen molar-refractivity contribution in [2.45, 2.75) is 33.0 Å². The molecule has 0 saturated heterocycles. The molecule has 1 aromatic carbocycles. The molecule has 0 fully saturated rings. The summed E-state index contributed by atoms with van der Waals surface area (Å²) in [5.41, 5.74) is 5.49. The van der Waals surface area contributed by atoms with Crippen LogP contribution < -0.4 is 5.73 Å². The van der Waals surface area contributed by atoms with Gasteiger partial charge in [0.25, 0.3) is 0 Å². The molecule has 0 spiro atoms. The Morgan fingerprint density at radius 2 is 1.95 bits per heavy atom. The molecule has 2 N–H and O–H groups in total. The zero-order valence-electron chi connectivity index (χ0n) is 11.2. The SMILES string of the molecule is CCCn1c(C)nnc1-c1ccc(C(F)(F)F)cc1N. The smallest absolute Gasteiger partial charge is 0.398 e. The summed E-state index contributed by atoms with van der Waals surface area (Å²) in [6, 6.07) is 3.27. The summed E-state index contributed by atoms with van der Waals surface area (Å²) >= 11 is 0. The highest BCUT2D eigenvalue weighted by atomic mass is 19.4. The lowest BCUT2D eigenvalue weighted by atomic mass is 10.1. The molecule has 0 unspecified atom stereocenters. The number of nitrogens with two attached hydrogens (primary N) is 1. The van der Waals surface area contributed by atoms with E-state index in [0.717, 1.165) is 18.6 Å². The van der Waals surface area contributed by atoms with Gasteiger partial charge in [-0.05, 0) is 31.5 Å². The third kappa shape index (κ3) is 2.61. The highest BCUT2D eigenvalue weighted by Gasteiger charge is 2.31. The molecule has 0 amide bonds. The van der Waals surface area contributed by atoms with Crippen molar-refractivity contribution in [3.8, 4) is 11.4 Å². The quantitative estimate of drug-likeness (QED) is 0.880. The first-order valence-corrected chi connectivity index (χ1v) is 6.21. The number of hydrogen-bond acceptors (Lipinski definition) is 3. The second kappa shape index (κ2) is 5.15. The number of aryl methyl sites for hydroxylation is 1. The molecule has 1 aromatic heterocycles. The van der Waals surface area contributed by atoms with Crippen molar-refractivity contribution in [1.82, 2.24) is 14.8 Å². The summed E-state index contributed by atoms with van der Waals surface area (Å²) in [5, 5.41) is 7.97. The molecule has 0 aliphatic heterocycles. The van der Waals surface area contributed by atoms with Crippen molar-refractivity contribution < 1.29 is 13.2 Å². The zero-order valence-corrected chi connectivity index (χ0v) is 11.2. The van der Waals surface area contributed by atoms with E-state index in [1.54, 1.807) is 6.92 Å². The highest BCUT2D eigenvalue weighted by molar-refractivity contribution is 5.72. The molecule has 0 aliphatic carbocycles. The van der Waals surface area contributed by atoms with Gasteiger partial charge in [0.2, 0.25) is 0 Å². The molecule has 0 radical (unpaired) electrons. The number of anilines is 1. The molecule has 0 atom stereocenters. The number of rotatable bonds is 3. The van der Waals surface area contributed by atoms with Crippen molar-refractivity contribution in [3.63, 3.8) is 0 Å². The van der Waals surface area contributed by atoms with E-state index >= 15 is 0 Å². The van der Waals surface area contributed by atoms with Crippen LogP contribution in [-0.2, 0) is 12.7 Å². The molecule has 0 saturated carbocycles. The van der Waals surface area contributed by atoms with Crippen molar-refractivity contribution >= 4 is 5.69 Å². The number of nitrogen functional groups attached to an aromatic ring is 1. The maximum absolute atomic E-state index is 12.6. The second-order valence-corrected chi connectivity index (χ2v) is 4.52. The molecular formula is C13H15F3N4. The fourth-order valence-electron chi connectivity index (χ4n) is 2.01. The third-order valence-electron chi connectivity index (χ3n) is 3.00. The first-order chi connectivity index (χ1) is 9.34. The fourth-order valence-corrected chi connectivity index (χ4v) is 2.01. The van der Waals surface area contributed by atoms with Crippen molar-refractivity contribution in [2.75, 3.05) is 5.73 Å². The first kappa shape index (κ1) is 14.4. The Hall–Kier alpha value is -2.05. The topological polar surface area (TPSA) is 56.7 Å². The van der Waals surface area contributed by atoms with Gasteiger partial charge in [-0.1, -0.05) is 6.92 Å². The standard InChI is InChI=1S/C13H15F3N4/c1-3-6-20-8(2)18-19-12(20)10-5-4-9(7-11(10)17)13(14,15)16/h4-5,7H,3,6,17H2,1-2H3. The van der Waals surface area contributed by atoms with Crippen LogP contribution in [0.3, 0.4) is 0 Å². The van der Waals surface area contributed by atoms with Gasteiger partial charge in [0.05, 0.1) is 5.56 Å². The number of halogens is 3. The Morgan fingerprint density at radius 3 is 2.50 bits per heavy atom. The molecule has 20 heavy (non-hydrogen) atoms. The van der Waals surface area contributed by atoms with Crippen LogP contribution in [0, 0.1) is 6.92 Å².